The van der Waals surface area contributed by atoms with E-state index in [2.05, 4.69) is 263 Å². The molecule has 630 valence electrons. The minimum atomic E-state index is -0.397. The summed E-state index contributed by atoms with van der Waals surface area (Å²) in [5.74, 6) is 3.62. The van der Waals surface area contributed by atoms with Gasteiger partial charge >= 0.3 is 0 Å². The zero-order chi connectivity index (χ0) is 82.6. The van der Waals surface area contributed by atoms with E-state index in [1.54, 1.807) is 18.3 Å². The molecule has 9 heteroatoms. The molecule has 0 aliphatic carbocycles. The zero-order valence-corrected chi connectivity index (χ0v) is 72.7. The van der Waals surface area contributed by atoms with Gasteiger partial charge in [0.2, 0.25) is 0 Å². The van der Waals surface area contributed by atoms with E-state index in [1.807, 2.05) is 0 Å². The van der Waals surface area contributed by atoms with Gasteiger partial charge in [-0.2, -0.15) is 5.10 Å². The number of rotatable bonds is 64. The first kappa shape index (κ1) is 93.8. The molecule has 0 aliphatic rings. The van der Waals surface area contributed by atoms with Crippen molar-refractivity contribution < 1.29 is 23.9 Å². The molecule has 0 aliphatic heterocycles. The van der Waals surface area contributed by atoms with Crippen LogP contribution in [-0.4, -0.2) is 37.6 Å². The van der Waals surface area contributed by atoms with Gasteiger partial charge < -0.3 is 18.9 Å². The quantitative estimate of drug-likeness (QED) is 0.0133. The van der Waals surface area contributed by atoms with Crippen molar-refractivity contribution in [1.29, 1.82) is 0 Å². The molecule has 0 heterocycles. The molecule has 0 spiro atoms. The third-order valence-electron chi connectivity index (χ3n) is 21.9. The minimum Gasteiger partial charge on any atom is -0.494 e. The molecule has 118 heavy (non-hydrogen) atoms. The van der Waals surface area contributed by atoms with Crippen LogP contribution in [0.25, 0.3) is 72.9 Å². The number of anilines is 1. The number of unbranched alkanes of at least 4 members (excludes halogenated alkanes) is 36. The van der Waals surface area contributed by atoms with Crippen LogP contribution in [0.15, 0.2) is 181 Å². The van der Waals surface area contributed by atoms with Gasteiger partial charge in [0.15, 0.2) is 0 Å². The fourth-order valence-electron chi connectivity index (χ4n) is 14.8. The topological polar surface area (TPSA) is 104 Å². The smallest absolute Gasteiger partial charge is 0.269 e. The molecule has 0 aromatic heterocycles. The van der Waals surface area contributed by atoms with Gasteiger partial charge in [-0.05, 0) is 213 Å². The molecular weight excluding hydrogens is 1450 g/mol. The van der Waals surface area contributed by atoms with Crippen molar-refractivity contribution >= 4 is 90.5 Å². The largest absolute Gasteiger partial charge is 0.494 e. The summed E-state index contributed by atoms with van der Waals surface area (Å²) in [6.45, 7) is 12.1. The van der Waals surface area contributed by atoms with Crippen LogP contribution in [0.3, 0.4) is 0 Å². The maximum Gasteiger partial charge on any atom is 0.269 e. The van der Waals surface area contributed by atoms with Crippen LogP contribution >= 0.6 is 0 Å². The second kappa shape index (κ2) is 59.9. The molecule has 0 atom stereocenters. The molecule has 0 bridgehead atoms. The second-order valence-corrected chi connectivity index (χ2v) is 32.4. The maximum absolute atomic E-state index is 11.5. The molecule has 0 saturated heterocycles. The Kier molecular flexibility index (Phi) is 47.6. The minimum absolute atomic E-state index is 0.0192. The van der Waals surface area contributed by atoms with E-state index in [-0.39, 0.29) is 5.69 Å². The van der Waals surface area contributed by atoms with Gasteiger partial charge in [-0.3, -0.25) is 15.5 Å². The summed E-state index contributed by atoms with van der Waals surface area (Å²) in [4.78, 5) is 11.1. The summed E-state index contributed by atoms with van der Waals surface area (Å²) in [5.41, 5.74) is 17.3. The van der Waals surface area contributed by atoms with Gasteiger partial charge in [0.1, 0.15) is 23.0 Å². The number of benzene rings is 8. The lowest BCUT2D eigenvalue weighted by Crippen LogP contribution is -1.97. The molecule has 8 rings (SSSR count). The summed E-state index contributed by atoms with van der Waals surface area (Å²) in [6.07, 6.45) is 80.0. The van der Waals surface area contributed by atoms with E-state index >= 15 is 0 Å². The first-order valence-electron chi connectivity index (χ1n) is 46.2. The van der Waals surface area contributed by atoms with Crippen molar-refractivity contribution in [3.05, 3.63) is 258 Å². The molecule has 8 aromatic rings. The lowest BCUT2D eigenvalue weighted by atomic mass is 10.00. The fraction of sp³-hybridized carbons (Fsp3) is 0.440. The summed E-state index contributed by atoms with van der Waals surface area (Å²) < 4.78 is 24.9. The zero-order valence-electron chi connectivity index (χ0n) is 72.7. The Labute approximate surface area is 712 Å². The predicted octanol–water partition coefficient (Wildman–Crippen LogP) is 33.3. The predicted molar refractivity (Wildman–Crippen MR) is 512 cm³/mol. The van der Waals surface area contributed by atoms with Crippen LogP contribution in [0.4, 0.5) is 11.4 Å². The average molecular weight is 1590 g/mol. The summed E-state index contributed by atoms with van der Waals surface area (Å²) in [7, 11) is 0. The second-order valence-electron chi connectivity index (χ2n) is 32.4. The summed E-state index contributed by atoms with van der Waals surface area (Å²) in [5, 5.41) is 16.2. The van der Waals surface area contributed by atoms with Crippen LogP contribution in [-0.2, 0) is 0 Å². The highest BCUT2D eigenvalue weighted by Crippen LogP contribution is 2.28. The molecule has 1 N–H and O–H groups in total. The number of nitro groups is 1. The Morgan fingerprint density at radius 3 is 0.636 bits per heavy atom. The van der Waals surface area contributed by atoms with Crippen molar-refractivity contribution in [3.8, 4) is 23.0 Å². The average Bonchev–Trinajstić information content (AvgIpc) is 0.841. The molecule has 0 radical (unpaired) electrons. The molecule has 0 saturated carbocycles. The Hall–Kier alpha value is -9.73. The first-order chi connectivity index (χ1) is 58.2. The first-order valence-corrected chi connectivity index (χ1v) is 46.2. The fourth-order valence-corrected chi connectivity index (χ4v) is 14.8. The monoisotopic (exact) mass is 1590 g/mol. The number of hydrogen-bond acceptors (Lipinski definition) is 8. The van der Waals surface area contributed by atoms with E-state index in [0.717, 1.165) is 147 Å². The maximum atomic E-state index is 11.5. The molecule has 9 nitrogen and oxygen atoms in total. The van der Waals surface area contributed by atoms with Gasteiger partial charge in [0, 0.05) is 12.1 Å². The number of hydrazone groups is 1. The third kappa shape index (κ3) is 41.6. The van der Waals surface area contributed by atoms with Crippen LogP contribution in [0.5, 0.6) is 23.0 Å². The van der Waals surface area contributed by atoms with E-state index in [9.17, 15) is 10.1 Å². The highest BCUT2D eigenvalue weighted by molar-refractivity contribution is 5.87. The lowest BCUT2D eigenvalue weighted by Gasteiger charge is -2.07. The van der Waals surface area contributed by atoms with Crippen LogP contribution in [0.2, 0.25) is 0 Å². The van der Waals surface area contributed by atoms with Crippen molar-refractivity contribution in [3.63, 3.8) is 0 Å². The van der Waals surface area contributed by atoms with Gasteiger partial charge in [-0.15, -0.1) is 0 Å². The molecular formula is C109H143N3O6. The summed E-state index contributed by atoms with van der Waals surface area (Å²) in [6, 6.07) is 59.9. The number of non-ortho nitro benzene ring substituents is 1. The standard InChI is InChI=1S/C109H143N3O6/c1-5-9-13-17-21-25-29-33-37-41-77-115-106-69-57-91(58-70-106)45-49-95-81-96(50-46-92-59-71-107(72-60-92)116-78-42-38-34-30-26-22-18-14-10-6-2)84-99(83-95)53-55-101-87-102(89-103(88-101)90-110-111-104-65-67-105(68-66-104)112(113)114)56-54-100-85-97(51-47-93-61-73-108(74-62-93)117-79-43-39-35-31-27-23-19-15-11-7-3)82-98(86-100)52-48-94-63-75-109(76-64-94)118-80-44-40-36-32-28-24-20-16-12-8-4/h45-76,81-90,111H,5-44,77-80H2,1-4H3/b49-45+,50-46+,51-47+,52-48+,55-53+,56-54+,110-90+. The van der Waals surface area contributed by atoms with Crippen molar-refractivity contribution in [1.82, 2.24) is 0 Å². The Morgan fingerprint density at radius 1 is 0.246 bits per heavy atom. The number of nitrogens with one attached hydrogen (secondary N) is 1. The lowest BCUT2D eigenvalue weighted by molar-refractivity contribution is -0.384. The van der Waals surface area contributed by atoms with Gasteiger partial charge in [-0.1, -0.05) is 380 Å². The number of nitro benzene ring substituents is 1. The van der Waals surface area contributed by atoms with E-state index in [0.29, 0.717) is 5.69 Å². The Morgan fingerprint density at radius 2 is 0.432 bits per heavy atom. The number of ether oxygens (including phenoxy) is 4. The Bertz CT molecular complexity index is 3790. The Balaban J connectivity index is 1.02. The highest BCUT2D eigenvalue weighted by Gasteiger charge is 2.08. The van der Waals surface area contributed by atoms with Crippen molar-refractivity contribution in [2.24, 2.45) is 5.10 Å². The van der Waals surface area contributed by atoms with Crippen LogP contribution in [0.1, 0.15) is 357 Å². The van der Waals surface area contributed by atoms with Crippen molar-refractivity contribution in [2.45, 2.75) is 285 Å². The summed E-state index contributed by atoms with van der Waals surface area (Å²) >= 11 is 0. The molecule has 8 aromatic carbocycles. The number of hydrogen-bond donors (Lipinski definition) is 1. The molecule has 0 unspecified atom stereocenters. The van der Waals surface area contributed by atoms with E-state index in [1.165, 1.54) is 243 Å². The molecule has 0 fully saturated rings. The highest BCUT2D eigenvalue weighted by atomic mass is 16.6. The van der Waals surface area contributed by atoms with Crippen molar-refractivity contribution in [2.75, 3.05) is 31.9 Å². The molecule has 0 amide bonds. The normalized spacial score (nSPS) is 11.9. The van der Waals surface area contributed by atoms with Gasteiger partial charge in [-0.25, -0.2) is 0 Å². The van der Waals surface area contributed by atoms with E-state index < -0.39 is 4.92 Å². The van der Waals surface area contributed by atoms with Crippen LogP contribution < -0.4 is 24.4 Å². The number of nitrogens with zero attached hydrogens (tertiary/aromatic N) is 2. The van der Waals surface area contributed by atoms with E-state index in [4.69, 9.17) is 18.9 Å². The van der Waals surface area contributed by atoms with Crippen LogP contribution in [0, 0.1) is 10.1 Å². The third-order valence-corrected chi connectivity index (χ3v) is 21.9. The van der Waals surface area contributed by atoms with Gasteiger partial charge in [0.05, 0.1) is 43.3 Å². The SMILES string of the molecule is CCCCCCCCCCCCOc1ccc(/C=C/c2cc(/C=C/c3ccc(OCCCCCCCCCCCC)cc3)cc(/C=C/c3cc(/C=C/c4cc(/C=C/c5ccc(OCCCCCCCCCCCC)cc5)cc(/C=C/c5ccc(OCCCCCCCCCCCC)cc5)c4)cc(/C=N/Nc4ccc([N+](=O)[O-])cc4)c3)c2)cc1. The van der Waals surface area contributed by atoms with Gasteiger partial charge in [0.25, 0.3) is 5.69 Å².